The van der Waals surface area contributed by atoms with Crippen molar-refractivity contribution in [1.29, 1.82) is 0 Å². The van der Waals surface area contributed by atoms with Crippen molar-refractivity contribution in [2.45, 2.75) is 33.1 Å². The number of rotatable bonds is 5. The number of aliphatic hydroxyl groups is 1. The molecule has 0 unspecified atom stereocenters. The van der Waals surface area contributed by atoms with Gasteiger partial charge < -0.3 is 15.3 Å². The van der Waals surface area contributed by atoms with Crippen molar-refractivity contribution in [1.82, 2.24) is 14.9 Å². The van der Waals surface area contributed by atoms with Gasteiger partial charge in [-0.05, 0) is 32.1 Å². The molecule has 7 nitrogen and oxygen atoms in total. The fraction of sp³-hybridized carbons (Fsp3) is 0.529. The number of nitrogens with one attached hydrogen (secondary N) is 1. The Bertz CT molecular complexity index is 794. The average Bonchev–Trinajstić information content (AvgIpc) is 3.21. The van der Waals surface area contributed by atoms with Crippen LogP contribution in [0.25, 0.3) is 10.6 Å². The number of nitrogens with zero attached hydrogens (tertiary/aromatic N) is 3. The second kappa shape index (κ2) is 8.24. The highest BCUT2D eigenvalue weighted by Gasteiger charge is 2.25. The number of amides is 2. The fourth-order valence-electron chi connectivity index (χ4n) is 3.06. The zero-order chi connectivity index (χ0) is 18.7. The van der Waals surface area contributed by atoms with E-state index in [0.717, 1.165) is 35.5 Å². The molecule has 26 heavy (non-hydrogen) atoms. The van der Waals surface area contributed by atoms with Gasteiger partial charge in [-0.2, -0.15) is 0 Å². The first-order chi connectivity index (χ1) is 12.5. The first kappa shape index (κ1) is 18.9. The number of aryl methyl sites for hydroxylation is 1. The van der Waals surface area contributed by atoms with Crippen molar-refractivity contribution in [3.05, 3.63) is 16.1 Å². The third-order valence-electron chi connectivity index (χ3n) is 4.44. The van der Waals surface area contributed by atoms with Gasteiger partial charge in [0.2, 0.25) is 5.91 Å². The van der Waals surface area contributed by atoms with Gasteiger partial charge in [-0.3, -0.25) is 9.59 Å². The highest BCUT2D eigenvalue weighted by atomic mass is 32.1. The molecule has 0 atom stereocenters. The van der Waals surface area contributed by atoms with Crippen molar-refractivity contribution in [3.8, 4) is 10.6 Å². The van der Waals surface area contributed by atoms with Crippen LogP contribution < -0.4 is 5.32 Å². The van der Waals surface area contributed by atoms with Crippen molar-refractivity contribution in [3.63, 3.8) is 0 Å². The summed E-state index contributed by atoms with van der Waals surface area (Å²) in [4.78, 5) is 35.4. The Morgan fingerprint density at radius 1 is 1.35 bits per heavy atom. The third-order valence-corrected chi connectivity index (χ3v) is 6.36. The maximum absolute atomic E-state index is 12.7. The second-order valence-corrected chi connectivity index (χ2v) is 8.26. The van der Waals surface area contributed by atoms with Gasteiger partial charge in [0.05, 0.1) is 16.3 Å². The minimum absolute atomic E-state index is 0.0343. The molecule has 1 aliphatic heterocycles. The van der Waals surface area contributed by atoms with Gasteiger partial charge >= 0.3 is 0 Å². The zero-order valence-electron chi connectivity index (χ0n) is 14.8. The number of carbonyl (C=O) groups excluding carboxylic acids is 2. The lowest BCUT2D eigenvalue weighted by molar-refractivity contribution is -0.114. The number of aliphatic hydroxyl groups excluding tert-OH is 1. The van der Waals surface area contributed by atoms with Crippen LogP contribution in [0.3, 0.4) is 0 Å². The minimum Gasteiger partial charge on any atom is -0.396 e. The largest absolute Gasteiger partial charge is 0.396 e. The van der Waals surface area contributed by atoms with Crippen LogP contribution in [0.15, 0.2) is 5.38 Å². The quantitative estimate of drug-likeness (QED) is 0.813. The summed E-state index contributed by atoms with van der Waals surface area (Å²) < 4.78 is 0. The van der Waals surface area contributed by atoms with Gasteiger partial charge in [-0.15, -0.1) is 11.3 Å². The first-order valence-electron chi connectivity index (χ1n) is 8.59. The molecule has 0 aliphatic carbocycles. The van der Waals surface area contributed by atoms with Crippen LogP contribution >= 0.6 is 22.7 Å². The van der Waals surface area contributed by atoms with E-state index in [0.29, 0.717) is 29.1 Å². The van der Waals surface area contributed by atoms with Gasteiger partial charge in [0.25, 0.3) is 5.91 Å². The smallest absolute Gasteiger partial charge is 0.282 e. The molecule has 2 aromatic heterocycles. The summed E-state index contributed by atoms with van der Waals surface area (Å²) in [6.07, 6.45) is 2.67. The fourth-order valence-corrected chi connectivity index (χ4v) is 4.88. The zero-order valence-corrected chi connectivity index (χ0v) is 16.5. The molecule has 2 amide bonds. The van der Waals surface area contributed by atoms with Crippen LogP contribution in [0.5, 0.6) is 0 Å². The van der Waals surface area contributed by atoms with E-state index in [1.807, 2.05) is 17.2 Å². The minimum atomic E-state index is -0.163. The van der Waals surface area contributed by atoms with Crippen LogP contribution in [0.2, 0.25) is 0 Å². The number of carbonyl (C=O) groups is 2. The predicted molar refractivity (Wildman–Crippen MR) is 103 cm³/mol. The molecule has 2 N–H and O–H groups in total. The van der Waals surface area contributed by atoms with Gasteiger partial charge in [-0.25, -0.2) is 9.97 Å². The Balaban J connectivity index is 1.69. The maximum Gasteiger partial charge on any atom is 0.282 e. The predicted octanol–water partition coefficient (Wildman–Crippen LogP) is 2.77. The van der Waals surface area contributed by atoms with Gasteiger partial charge in [0, 0.05) is 32.0 Å². The Morgan fingerprint density at radius 3 is 2.73 bits per heavy atom. The Hall–Kier alpha value is -1.84. The number of piperidine rings is 1. The number of hydrogen-bond acceptors (Lipinski definition) is 7. The lowest BCUT2D eigenvalue weighted by Crippen LogP contribution is -2.38. The molecule has 140 valence electrons. The highest BCUT2D eigenvalue weighted by Crippen LogP contribution is 2.33. The summed E-state index contributed by atoms with van der Waals surface area (Å²) in [5.74, 6) is 0.306. The number of aromatic nitrogens is 2. The van der Waals surface area contributed by atoms with E-state index in [9.17, 15) is 9.59 Å². The molecule has 3 heterocycles. The molecule has 9 heteroatoms. The normalized spacial score (nSPS) is 15.3. The van der Waals surface area contributed by atoms with Crippen LogP contribution in [-0.4, -0.2) is 51.5 Å². The summed E-state index contributed by atoms with van der Waals surface area (Å²) >= 11 is 2.70. The van der Waals surface area contributed by atoms with Crippen LogP contribution in [0.4, 0.5) is 5.13 Å². The molecule has 0 bridgehead atoms. The lowest BCUT2D eigenvalue weighted by Gasteiger charge is -2.31. The van der Waals surface area contributed by atoms with Crippen molar-refractivity contribution in [2.75, 3.05) is 25.0 Å². The molecule has 0 saturated carbocycles. The summed E-state index contributed by atoms with van der Waals surface area (Å²) in [6.45, 7) is 4.95. The topological polar surface area (TPSA) is 95.4 Å². The summed E-state index contributed by atoms with van der Waals surface area (Å²) in [5.41, 5.74) is 1.51. The summed E-state index contributed by atoms with van der Waals surface area (Å²) in [5, 5.41) is 14.6. The molecule has 0 radical (unpaired) electrons. The van der Waals surface area contributed by atoms with E-state index in [1.54, 1.807) is 0 Å². The van der Waals surface area contributed by atoms with E-state index in [-0.39, 0.29) is 18.4 Å². The second-order valence-electron chi connectivity index (χ2n) is 6.40. The first-order valence-corrected chi connectivity index (χ1v) is 10.3. The van der Waals surface area contributed by atoms with Crippen LogP contribution in [0, 0.1) is 12.8 Å². The molecular weight excluding hydrogens is 372 g/mol. The number of likely N-dealkylation sites (tertiary alicyclic amines) is 1. The number of thiazole rings is 2. The molecule has 0 spiro atoms. The molecule has 2 aromatic rings. The Kier molecular flexibility index (Phi) is 6.00. The molecule has 1 aliphatic rings. The highest BCUT2D eigenvalue weighted by molar-refractivity contribution is 7.19. The van der Waals surface area contributed by atoms with Gasteiger partial charge in [0.1, 0.15) is 0 Å². The summed E-state index contributed by atoms with van der Waals surface area (Å²) in [6, 6.07) is 0. The van der Waals surface area contributed by atoms with E-state index >= 15 is 0 Å². The van der Waals surface area contributed by atoms with E-state index in [4.69, 9.17) is 5.11 Å². The molecule has 3 rings (SSSR count). The number of anilines is 1. The van der Waals surface area contributed by atoms with E-state index < -0.39 is 0 Å². The SMILES string of the molecule is CC(=O)Nc1nc(C)c(-c2csc(C(=O)N3CCC(CCO)CC3)n2)s1. The number of hydrogen-bond donors (Lipinski definition) is 2. The maximum atomic E-state index is 12.7. The molecule has 1 saturated heterocycles. The molecular formula is C17H22N4O3S2. The van der Waals surface area contributed by atoms with E-state index in [2.05, 4.69) is 15.3 Å². The molecule has 1 fully saturated rings. The Morgan fingerprint density at radius 2 is 2.08 bits per heavy atom. The van der Waals surface area contributed by atoms with Crippen molar-refractivity contribution >= 4 is 39.6 Å². The average molecular weight is 395 g/mol. The Labute approximate surface area is 160 Å². The monoisotopic (exact) mass is 394 g/mol. The lowest BCUT2D eigenvalue weighted by atomic mass is 9.94. The van der Waals surface area contributed by atoms with E-state index in [1.165, 1.54) is 29.6 Å². The summed E-state index contributed by atoms with van der Waals surface area (Å²) in [7, 11) is 0. The van der Waals surface area contributed by atoms with Crippen molar-refractivity contribution < 1.29 is 14.7 Å². The standard InChI is InChI=1S/C17H22N4O3S2/c1-10-14(26-17(18-10)19-11(2)23)13-9-25-15(20-13)16(24)21-6-3-12(4-7-21)5-8-22/h9,12,22H,3-8H2,1-2H3,(H,18,19,23). The third kappa shape index (κ3) is 4.28. The van der Waals surface area contributed by atoms with Crippen LogP contribution in [-0.2, 0) is 4.79 Å². The van der Waals surface area contributed by atoms with Gasteiger partial charge in [-0.1, -0.05) is 11.3 Å². The van der Waals surface area contributed by atoms with Crippen molar-refractivity contribution in [2.24, 2.45) is 5.92 Å². The van der Waals surface area contributed by atoms with Crippen LogP contribution in [0.1, 0.15) is 41.7 Å². The molecule has 0 aromatic carbocycles. The van der Waals surface area contributed by atoms with Gasteiger partial charge in [0.15, 0.2) is 10.1 Å².